The summed E-state index contributed by atoms with van der Waals surface area (Å²) in [6.07, 6.45) is 2.42. The zero-order chi connectivity index (χ0) is 18.4. The molecule has 1 saturated heterocycles. The molecule has 1 spiro atoms. The number of nitrogens with zero attached hydrogens (tertiary/aromatic N) is 1. The number of phenols is 1. The fourth-order valence-electron chi connectivity index (χ4n) is 4.31. The highest BCUT2D eigenvalue weighted by atomic mass is 31.2. The smallest absolute Gasteiger partial charge is 0.115 e. The lowest BCUT2D eigenvalue weighted by Crippen LogP contribution is -2.42. The van der Waals surface area contributed by atoms with Crippen molar-refractivity contribution in [3.8, 4) is 5.75 Å². The first kappa shape index (κ1) is 17.8. The van der Waals surface area contributed by atoms with Crippen LogP contribution in [-0.2, 0) is 14.9 Å². The molecule has 5 heteroatoms. The second-order valence-corrected chi connectivity index (χ2v) is 11.4. The van der Waals surface area contributed by atoms with Crippen LogP contribution in [0.3, 0.4) is 0 Å². The van der Waals surface area contributed by atoms with Crippen LogP contribution in [0.2, 0.25) is 0 Å². The SMILES string of the molecule is CP(C)(=O)CN1CCC2(CC1)OC(c1ccc(O)cc1)c1ccccc12. The molecular weight excluding hydrogens is 345 g/mol. The third-order valence-electron chi connectivity index (χ3n) is 5.48. The largest absolute Gasteiger partial charge is 0.508 e. The average Bonchev–Trinajstić information content (AvgIpc) is 2.92. The Labute approximate surface area is 155 Å². The Balaban J connectivity index is 1.61. The molecule has 1 unspecified atom stereocenters. The van der Waals surface area contributed by atoms with Crippen molar-refractivity contribution in [2.24, 2.45) is 0 Å². The molecule has 0 aliphatic carbocycles. The summed E-state index contributed by atoms with van der Waals surface area (Å²) < 4.78 is 18.9. The third kappa shape index (κ3) is 3.34. The van der Waals surface area contributed by atoms with Gasteiger partial charge in [0, 0.05) is 13.1 Å². The summed E-state index contributed by atoms with van der Waals surface area (Å²) in [6, 6.07) is 15.8. The van der Waals surface area contributed by atoms with Crippen molar-refractivity contribution in [2.45, 2.75) is 24.5 Å². The minimum Gasteiger partial charge on any atom is -0.508 e. The van der Waals surface area contributed by atoms with E-state index in [-0.39, 0.29) is 17.5 Å². The average molecular weight is 371 g/mol. The molecule has 2 heterocycles. The quantitative estimate of drug-likeness (QED) is 0.814. The number of hydrogen-bond donors (Lipinski definition) is 1. The number of piperidine rings is 1. The maximum atomic E-state index is 12.2. The number of phenolic OH excluding ortho intramolecular Hbond substituents is 1. The van der Waals surface area contributed by atoms with Gasteiger partial charge in [-0.15, -0.1) is 0 Å². The van der Waals surface area contributed by atoms with Crippen LogP contribution in [0.4, 0.5) is 0 Å². The zero-order valence-electron chi connectivity index (χ0n) is 15.4. The Kier molecular flexibility index (Phi) is 4.46. The van der Waals surface area contributed by atoms with Gasteiger partial charge in [0.1, 0.15) is 11.9 Å². The van der Waals surface area contributed by atoms with E-state index in [1.54, 1.807) is 12.1 Å². The Morgan fingerprint density at radius 3 is 2.42 bits per heavy atom. The molecule has 0 amide bonds. The van der Waals surface area contributed by atoms with Gasteiger partial charge in [-0.2, -0.15) is 0 Å². The number of fused-ring (bicyclic) bond motifs is 2. The Hall–Kier alpha value is -1.61. The predicted octanol–water partition coefficient (Wildman–Crippen LogP) is 4.38. The standard InChI is InChI=1S/C21H26NO3P/c1-26(2,24)15-22-13-11-21(12-14-22)19-6-4-3-5-18(19)20(25-21)16-7-9-17(23)10-8-16/h3-10,20,23H,11-15H2,1-2H3. The normalized spacial score (nSPS) is 22.5. The zero-order valence-corrected chi connectivity index (χ0v) is 16.3. The van der Waals surface area contributed by atoms with Gasteiger partial charge in [-0.1, -0.05) is 36.4 Å². The monoisotopic (exact) mass is 371 g/mol. The summed E-state index contributed by atoms with van der Waals surface area (Å²) in [6.45, 7) is 5.53. The third-order valence-corrected chi connectivity index (χ3v) is 6.56. The molecule has 138 valence electrons. The molecule has 26 heavy (non-hydrogen) atoms. The van der Waals surface area contributed by atoms with Gasteiger partial charge in [0.05, 0.1) is 19.0 Å². The van der Waals surface area contributed by atoms with Gasteiger partial charge in [-0.05, 0) is 55.0 Å². The van der Waals surface area contributed by atoms with Crippen molar-refractivity contribution in [2.75, 3.05) is 32.7 Å². The predicted molar refractivity (Wildman–Crippen MR) is 104 cm³/mol. The lowest BCUT2D eigenvalue weighted by molar-refractivity contribution is -0.0950. The molecule has 2 aromatic carbocycles. The van der Waals surface area contributed by atoms with Gasteiger partial charge in [-0.25, -0.2) is 0 Å². The van der Waals surface area contributed by atoms with Gasteiger partial charge in [0.2, 0.25) is 0 Å². The molecule has 0 saturated carbocycles. The van der Waals surface area contributed by atoms with Gasteiger partial charge in [0.15, 0.2) is 0 Å². The number of ether oxygens (including phenoxy) is 1. The van der Waals surface area contributed by atoms with Crippen LogP contribution in [-0.4, -0.2) is 42.7 Å². The van der Waals surface area contributed by atoms with E-state index in [1.807, 2.05) is 25.5 Å². The van der Waals surface area contributed by atoms with Crippen molar-refractivity contribution in [1.82, 2.24) is 4.90 Å². The summed E-state index contributed by atoms with van der Waals surface area (Å²) >= 11 is 0. The first-order chi connectivity index (χ1) is 12.4. The van der Waals surface area contributed by atoms with E-state index in [0.717, 1.165) is 31.5 Å². The number of benzene rings is 2. The van der Waals surface area contributed by atoms with Gasteiger partial charge in [0.25, 0.3) is 0 Å². The number of aromatic hydroxyl groups is 1. The molecule has 4 rings (SSSR count). The summed E-state index contributed by atoms with van der Waals surface area (Å²) in [5.74, 6) is 0.270. The highest BCUT2D eigenvalue weighted by Crippen LogP contribution is 2.52. The van der Waals surface area contributed by atoms with E-state index < -0.39 is 7.14 Å². The molecule has 0 radical (unpaired) electrons. The van der Waals surface area contributed by atoms with Gasteiger partial charge < -0.3 is 14.4 Å². The fraction of sp³-hybridized carbons (Fsp3) is 0.429. The molecule has 4 nitrogen and oxygen atoms in total. The first-order valence-electron chi connectivity index (χ1n) is 9.19. The molecule has 2 aliphatic heterocycles. The van der Waals surface area contributed by atoms with E-state index in [2.05, 4.69) is 29.2 Å². The highest BCUT2D eigenvalue weighted by molar-refractivity contribution is 7.62. The molecule has 0 aromatic heterocycles. The number of rotatable bonds is 3. The second kappa shape index (κ2) is 6.53. The van der Waals surface area contributed by atoms with E-state index in [4.69, 9.17) is 4.74 Å². The molecule has 1 atom stereocenters. The molecule has 1 fully saturated rings. The first-order valence-corrected chi connectivity index (χ1v) is 12.0. The van der Waals surface area contributed by atoms with E-state index in [9.17, 15) is 9.67 Å². The lowest BCUT2D eigenvalue weighted by Gasteiger charge is -2.40. The fourth-order valence-corrected chi connectivity index (χ4v) is 5.56. The van der Waals surface area contributed by atoms with Gasteiger partial charge in [-0.3, -0.25) is 4.90 Å². The Morgan fingerprint density at radius 2 is 1.77 bits per heavy atom. The number of hydrogen-bond acceptors (Lipinski definition) is 4. The summed E-state index contributed by atoms with van der Waals surface area (Å²) in [5.41, 5.74) is 3.32. The van der Waals surface area contributed by atoms with Crippen LogP contribution >= 0.6 is 7.14 Å². The molecule has 1 N–H and O–H groups in total. The summed E-state index contributed by atoms with van der Waals surface area (Å²) in [4.78, 5) is 2.31. The second-order valence-electron chi connectivity index (χ2n) is 8.00. The van der Waals surface area contributed by atoms with Crippen LogP contribution < -0.4 is 0 Å². The summed E-state index contributed by atoms with van der Waals surface area (Å²) in [7, 11) is -2.05. The van der Waals surface area contributed by atoms with Crippen LogP contribution in [0.1, 0.15) is 35.6 Å². The summed E-state index contributed by atoms with van der Waals surface area (Å²) in [5, 5.41) is 9.59. The number of likely N-dealkylation sites (tertiary alicyclic amines) is 1. The van der Waals surface area contributed by atoms with Crippen LogP contribution in [0.25, 0.3) is 0 Å². The highest BCUT2D eigenvalue weighted by Gasteiger charge is 2.47. The lowest BCUT2D eigenvalue weighted by atomic mass is 9.83. The van der Waals surface area contributed by atoms with Crippen molar-refractivity contribution in [3.63, 3.8) is 0 Å². The van der Waals surface area contributed by atoms with Crippen LogP contribution in [0.5, 0.6) is 5.75 Å². The maximum absolute atomic E-state index is 12.2. The van der Waals surface area contributed by atoms with Crippen molar-refractivity contribution in [1.29, 1.82) is 0 Å². The minimum atomic E-state index is -2.05. The minimum absolute atomic E-state index is 0.0956. The molecule has 2 aromatic rings. The van der Waals surface area contributed by atoms with Crippen LogP contribution in [0.15, 0.2) is 48.5 Å². The van der Waals surface area contributed by atoms with Crippen molar-refractivity contribution in [3.05, 3.63) is 65.2 Å². The molecule has 0 bridgehead atoms. The van der Waals surface area contributed by atoms with E-state index >= 15 is 0 Å². The Morgan fingerprint density at radius 1 is 1.12 bits per heavy atom. The van der Waals surface area contributed by atoms with Crippen molar-refractivity contribution >= 4 is 7.14 Å². The van der Waals surface area contributed by atoms with Crippen LogP contribution in [0, 0.1) is 0 Å². The molecular formula is C21H26NO3P. The van der Waals surface area contributed by atoms with E-state index in [0.29, 0.717) is 6.29 Å². The Bertz CT molecular complexity index is 835. The van der Waals surface area contributed by atoms with E-state index in [1.165, 1.54) is 11.1 Å². The maximum Gasteiger partial charge on any atom is 0.115 e. The molecule has 2 aliphatic rings. The van der Waals surface area contributed by atoms with Crippen molar-refractivity contribution < 1.29 is 14.4 Å². The van der Waals surface area contributed by atoms with Gasteiger partial charge >= 0.3 is 0 Å². The topological polar surface area (TPSA) is 49.8 Å².